The molecule has 1 aromatic carbocycles. The lowest BCUT2D eigenvalue weighted by Gasteiger charge is -2.01. The minimum absolute atomic E-state index is 0.147. The highest BCUT2D eigenvalue weighted by Crippen LogP contribution is 2.15. The van der Waals surface area contributed by atoms with Crippen LogP contribution < -0.4 is 5.43 Å². The first-order valence-corrected chi connectivity index (χ1v) is 7.05. The topological polar surface area (TPSA) is 41.5 Å². The highest BCUT2D eigenvalue weighted by Gasteiger charge is 2.11. The van der Waals surface area contributed by atoms with Crippen molar-refractivity contribution in [1.82, 2.24) is 0 Å². The summed E-state index contributed by atoms with van der Waals surface area (Å²) in [5, 5.41) is 6.48. The molecule has 1 aromatic heterocycles. The zero-order chi connectivity index (χ0) is 13.0. The van der Waals surface area contributed by atoms with Crippen molar-refractivity contribution in [3.63, 3.8) is 0 Å². The molecule has 0 unspecified atom stereocenters. The van der Waals surface area contributed by atoms with Gasteiger partial charge in [-0.3, -0.25) is 10.2 Å². The summed E-state index contributed by atoms with van der Waals surface area (Å²) < 4.78 is 0.236. The molecule has 1 N–H and O–H groups in total. The van der Waals surface area contributed by atoms with E-state index in [4.69, 9.17) is 11.6 Å². The minimum atomic E-state index is -0.147. The molecule has 0 amide bonds. The summed E-state index contributed by atoms with van der Waals surface area (Å²) in [7, 11) is 0. The van der Waals surface area contributed by atoms with E-state index >= 15 is 0 Å². The largest absolute Gasteiger partial charge is 0.285 e. The lowest BCUT2D eigenvalue weighted by Crippen LogP contribution is -2.07. The number of benzene rings is 1. The van der Waals surface area contributed by atoms with E-state index in [0.717, 1.165) is 5.69 Å². The lowest BCUT2D eigenvalue weighted by molar-refractivity contribution is 0.107. The molecule has 2 rings (SSSR count). The van der Waals surface area contributed by atoms with Crippen LogP contribution in [-0.4, -0.2) is 10.4 Å². The predicted octanol–water partition coefficient (Wildman–Crippen LogP) is 4.40. The van der Waals surface area contributed by atoms with E-state index in [2.05, 4.69) is 26.5 Å². The van der Waals surface area contributed by atoms with Gasteiger partial charge >= 0.3 is 0 Å². The van der Waals surface area contributed by atoms with Gasteiger partial charge in [0.05, 0.1) is 10.6 Å². The molecule has 0 saturated heterocycles. The van der Waals surface area contributed by atoms with Gasteiger partial charge in [0, 0.05) is 5.02 Å². The summed E-state index contributed by atoms with van der Waals surface area (Å²) in [5.41, 5.74) is 3.54. The van der Waals surface area contributed by atoms with Gasteiger partial charge in [-0.25, -0.2) is 0 Å². The van der Waals surface area contributed by atoms with Crippen molar-refractivity contribution in [3.05, 3.63) is 51.7 Å². The molecule has 1 heterocycles. The van der Waals surface area contributed by atoms with Gasteiger partial charge < -0.3 is 0 Å². The van der Waals surface area contributed by atoms with Crippen molar-refractivity contribution in [2.45, 2.75) is 0 Å². The number of Topliss-reactive ketones (excluding diaryl/α,β-unsaturated/α-hetero) is 1. The van der Waals surface area contributed by atoms with E-state index < -0.39 is 0 Å². The smallest absolute Gasteiger partial charge is 0.230 e. The van der Waals surface area contributed by atoms with Gasteiger partial charge in [0.15, 0.2) is 4.62 Å². The van der Waals surface area contributed by atoms with E-state index in [9.17, 15) is 4.79 Å². The fraction of sp³-hybridized carbons (Fsp3) is 0. The Morgan fingerprint density at radius 3 is 2.61 bits per heavy atom. The normalized spacial score (nSPS) is 11.3. The average Bonchev–Trinajstić information content (AvgIpc) is 2.90. The predicted molar refractivity (Wildman–Crippen MR) is 80.1 cm³/mol. The second-order valence-electron chi connectivity index (χ2n) is 3.33. The van der Waals surface area contributed by atoms with Crippen molar-refractivity contribution in [2.24, 2.45) is 5.10 Å². The first-order chi connectivity index (χ1) is 8.66. The first-order valence-electron chi connectivity index (χ1n) is 5.00. The minimum Gasteiger partial charge on any atom is -0.285 e. The monoisotopic (exact) mass is 342 g/mol. The molecular weight excluding hydrogens is 336 g/mol. The van der Waals surface area contributed by atoms with Gasteiger partial charge in [0.25, 0.3) is 0 Å². The number of anilines is 1. The number of hydrogen-bond donors (Lipinski definition) is 1. The van der Waals surface area contributed by atoms with Crippen LogP contribution in [0.5, 0.6) is 0 Å². The van der Waals surface area contributed by atoms with E-state index in [-0.39, 0.29) is 10.4 Å². The van der Waals surface area contributed by atoms with Crippen LogP contribution in [0.25, 0.3) is 0 Å². The molecule has 0 fully saturated rings. The Bertz CT molecular complexity index is 566. The highest BCUT2D eigenvalue weighted by molar-refractivity contribution is 9.19. The summed E-state index contributed by atoms with van der Waals surface area (Å²) in [6.07, 6.45) is 0. The number of thiophene rings is 1. The SMILES string of the molecule is O=C(/C(Br)=N\Nc1ccc(Cl)cc1)c1cccs1. The third-order valence-electron chi connectivity index (χ3n) is 2.06. The molecule has 0 radical (unpaired) electrons. The van der Waals surface area contributed by atoms with Crippen LogP contribution in [0.2, 0.25) is 5.02 Å². The zero-order valence-corrected chi connectivity index (χ0v) is 12.2. The van der Waals surface area contributed by atoms with E-state index in [1.165, 1.54) is 11.3 Å². The number of halogens is 2. The number of ketones is 1. The third kappa shape index (κ3) is 3.41. The maximum Gasteiger partial charge on any atom is 0.230 e. The van der Waals surface area contributed by atoms with Crippen molar-refractivity contribution in [1.29, 1.82) is 0 Å². The summed E-state index contributed by atoms with van der Waals surface area (Å²) in [4.78, 5) is 12.5. The molecule has 6 heteroatoms. The van der Waals surface area contributed by atoms with Gasteiger partial charge in [-0.2, -0.15) is 5.10 Å². The van der Waals surface area contributed by atoms with Crippen molar-refractivity contribution in [2.75, 3.05) is 5.43 Å². The Hall–Kier alpha value is -1.17. The van der Waals surface area contributed by atoms with Gasteiger partial charge in [0.2, 0.25) is 5.78 Å². The van der Waals surface area contributed by atoms with Gasteiger partial charge in [-0.05, 0) is 51.6 Å². The molecule has 92 valence electrons. The van der Waals surface area contributed by atoms with Crippen LogP contribution in [0.4, 0.5) is 5.69 Å². The number of carbonyl (C=O) groups is 1. The molecule has 0 saturated carbocycles. The molecule has 0 aliphatic rings. The van der Waals surface area contributed by atoms with E-state index in [1.807, 2.05) is 11.4 Å². The number of rotatable bonds is 4. The maximum atomic E-state index is 11.9. The summed E-state index contributed by atoms with van der Waals surface area (Å²) >= 11 is 10.3. The Balaban J connectivity index is 2.05. The number of carbonyl (C=O) groups excluding carboxylic acids is 1. The van der Waals surface area contributed by atoms with E-state index in [1.54, 1.807) is 30.3 Å². The molecule has 3 nitrogen and oxygen atoms in total. The summed E-state index contributed by atoms with van der Waals surface area (Å²) in [6, 6.07) is 10.6. The van der Waals surface area contributed by atoms with Crippen LogP contribution in [0, 0.1) is 0 Å². The fourth-order valence-electron chi connectivity index (χ4n) is 1.20. The Morgan fingerprint density at radius 2 is 2.00 bits per heavy atom. The summed E-state index contributed by atoms with van der Waals surface area (Å²) in [6.45, 7) is 0. The molecule has 0 bridgehead atoms. The molecule has 2 aromatic rings. The quantitative estimate of drug-likeness (QED) is 0.508. The van der Waals surface area contributed by atoms with Crippen LogP contribution in [0.1, 0.15) is 9.67 Å². The van der Waals surface area contributed by atoms with Crippen molar-refractivity contribution in [3.8, 4) is 0 Å². The summed E-state index contributed by atoms with van der Waals surface area (Å²) in [5.74, 6) is -0.147. The number of nitrogens with one attached hydrogen (secondary N) is 1. The molecule has 0 aliphatic heterocycles. The standard InChI is InChI=1S/C12H8BrClN2OS/c13-12(11(17)10-2-1-7-18-10)16-15-9-5-3-8(14)4-6-9/h1-7,15H/b16-12+. The number of nitrogens with zero attached hydrogens (tertiary/aromatic N) is 1. The van der Waals surface area contributed by atoms with Gasteiger partial charge in [0.1, 0.15) is 0 Å². The molecule has 0 spiro atoms. The van der Waals surface area contributed by atoms with Gasteiger partial charge in [-0.15, -0.1) is 11.3 Å². The number of hydrazone groups is 1. The first kappa shape index (κ1) is 13.3. The number of hydrogen-bond acceptors (Lipinski definition) is 4. The zero-order valence-electron chi connectivity index (χ0n) is 9.06. The molecule has 18 heavy (non-hydrogen) atoms. The maximum absolute atomic E-state index is 11.9. The fourth-order valence-corrected chi connectivity index (χ4v) is 2.42. The van der Waals surface area contributed by atoms with E-state index in [0.29, 0.717) is 9.90 Å². The van der Waals surface area contributed by atoms with Crippen LogP contribution >= 0.6 is 38.9 Å². The Labute approximate surface area is 122 Å². The molecular formula is C12H8BrClN2OS. The van der Waals surface area contributed by atoms with Crippen molar-refractivity contribution >= 4 is 55.0 Å². The third-order valence-corrected chi connectivity index (χ3v) is 3.72. The van der Waals surface area contributed by atoms with Crippen molar-refractivity contribution < 1.29 is 4.79 Å². The van der Waals surface area contributed by atoms with Crippen LogP contribution in [-0.2, 0) is 0 Å². The van der Waals surface area contributed by atoms with Crippen LogP contribution in [0.3, 0.4) is 0 Å². The molecule has 0 atom stereocenters. The van der Waals surface area contributed by atoms with Gasteiger partial charge in [-0.1, -0.05) is 17.7 Å². The Morgan fingerprint density at radius 1 is 1.28 bits per heavy atom. The molecule has 0 aliphatic carbocycles. The van der Waals surface area contributed by atoms with Crippen LogP contribution in [0.15, 0.2) is 46.9 Å². The Kier molecular flexibility index (Phi) is 4.52. The average molecular weight is 344 g/mol. The lowest BCUT2D eigenvalue weighted by atomic mass is 10.3. The second-order valence-corrected chi connectivity index (χ2v) is 5.46. The second kappa shape index (κ2) is 6.13. The highest BCUT2D eigenvalue weighted by atomic mass is 79.9.